The third kappa shape index (κ3) is 3.80. The molecule has 5 heteroatoms. The lowest BCUT2D eigenvalue weighted by Crippen LogP contribution is -2.38. The average Bonchev–Trinajstić information content (AvgIpc) is 2.46. The van der Waals surface area contributed by atoms with Gasteiger partial charge < -0.3 is 10.4 Å². The number of amides is 1. The van der Waals surface area contributed by atoms with Gasteiger partial charge in [-0.05, 0) is 31.5 Å². The molecule has 1 atom stereocenters. The molecule has 0 saturated carbocycles. The van der Waals surface area contributed by atoms with Crippen molar-refractivity contribution in [3.05, 3.63) is 64.4 Å². The van der Waals surface area contributed by atoms with Gasteiger partial charge in [0.1, 0.15) is 10.8 Å². The van der Waals surface area contributed by atoms with E-state index in [9.17, 15) is 9.90 Å². The second-order valence-electron chi connectivity index (χ2n) is 5.09. The summed E-state index contributed by atoms with van der Waals surface area (Å²) in [5.41, 5.74) is 0.615. The molecule has 0 bridgehead atoms. The number of benzene rings is 1. The summed E-state index contributed by atoms with van der Waals surface area (Å²) in [6, 6.07) is 12.4. The highest BCUT2D eigenvalue weighted by Crippen LogP contribution is 2.19. The summed E-state index contributed by atoms with van der Waals surface area (Å²) in [5.74, 6) is -0.284. The predicted octanol–water partition coefficient (Wildman–Crippen LogP) is 2.68. The van der Waals surface area contributed by atoms with E-state index in [-0.39, 0.29) is 12.5 Å². The molecule has 0 saturated heterocycles. The quantitative estimate of drug-likeness (QED) is 0.854. The van der Waals surface area contributed by atoms with Crippen molar-refractivity contribution in [2.45, 2.75) is 19.4 Å². The number of pyridine rings is 1. The van der Waals surface area contributed by atoms with E-state index in [1.807, 2.05) is 30.3 Å². The Morgan fingerprint density at radius 3 is 2.57 bits per heavy atom. The summed E-state index contributed by atoms with van der Waals surface area (Å²) in [5, 5.41) is 13.5. The minimum atomic E-state index is -1.13. The lowest BCUT2D eigenvalue weighted by Gasteiger charge is -2.24. The van der Waals surface area contributed by atoms with Crippen molar-refractivity contribution in [1.29, 1.82) is 0 Å². The van der Waals surface area contributed by atoms with Crippen LogP contribution in [0.4, 0.5) is 0 Å². The Balaban J connectivity index is 2.07. The minimum Gasteiger partial charge on any atom is -0.384 e. The number of carbonyl (C=O) groups excluding carboxylic acids is 1. The molecule has 2 rings (SSSR count). The number of carbonyl (C=O) groups is 1. The molecule has 2 N–H and O–H groups in total. The van der Waals surface area contributed by atoms with Crippen LogP contribution in [0, 0.1) is 6.92 Å². The number of nitrogens with one attached hydrogen (secondary N) is 1. The topological polar surface area (TPSA) is 62.2 Å². The van der Waals surface area contributed by atoms with Crippen molar-refractivity contribution in [1.82, 2.24) is 10.3 Å². The van der Waals surface area contributed by atoms with Crippen LogP contribution in [0.5, 0.6) is 0 Å². The lowest BCUT2D eigenvalue weighted by atomic mass is 9.96. The molecule has 2 aromatic rings. The van der Waals surface area contributed by atoms with Gasteiger partial charge in [-0.15, -0.1) is 0 Å². The largest absolute Gasteiger partial charge is 0.384 e. The van der Waals surface area contributed by atoms with E-state index in [2.05, 4.69) is 10.3 Å². The number of hydrogen-bond acceptors (Lipinski definition) is 3. The van der Waals surface area contributed by atoms with Crippen LogP contribution < -0.4 is 5.32 Å². The van der Waals surface area contributed by atoms with Crippen molar-refractivity contribution in [3.8, 4) is 0 Å². The summed E-state index contributed by atoms with van der Waals surface area (Å²) in [6.07, 6.45) is 0. The van der Waals surface area contributed by atoms with E-state index in [0.717, 1.165) is 5.56 Å². The molecule has 1 amide bonds. The Morgan fingerprint density at radius 1 is 1.29 bits per heavy atom. The Labute approximate surface area is 128 Å². The summed E-state index contributed by atoms with van der Waals surface area (Å²) < 4.78 is 0. The molecule has 1 unspecified atom stereocenters. The highest BCUT2D eigenvalue weighted by Gasteiger charge is 2.24. The average molecular weight is 305 g/mol. The number of rotatable bonds is 4. The molecule has 0 aliphatic heterocycles. The maximum absolute atomic E-state index is 12.1. The number of hydrogen-bond donors (Lipinski definition) is 2. The van der Waals surface area contributed by atoms with E-state index in [1.165, 1.54) is 0 Å². The van der Waals surface area contributed by atoms with Crippen LogP contribution in [0.15, 0.2) is 42.5 Å². The van der Waals surface area contributed by atoms with E-state index in [4.69, 9.17) is 11.6 Å². The maximum atomic E-state index is 12.1. The highest BCUT2D eigenvalue weighted by molar-refractivity contribution is 6.29. The van der Waals surface area contributed by atoms with Crippen LogP contribution in [-0.4, -0.2) is 22.5 Å². The lowest BCUT2D eigenvalue weighted by molar-refractivity contribution is 0.0526. The van der Waals surface area contributed by atoms with E-state index >= 15 is 0 Å². The Hall–Kier alpha value is -1.91. The molecule has 0 spiro atoms. The maximum Gasteiger partial charge on any atom is 0.253 e. The Bertz CT molecular complexity index is 642. The summed E-state index contributed by atoms with van der Waals surface area (Å²) in [4.78, 5) is 16.2. The molecule has 1 heterocycles. The van der Waals surface area contributed by atoms with Crippen LogP contribution in [-0.2, 0) is 5.60 Å². The van der Waals surface area contributed by atoms with Crippen molar-refractivity contribution >= 4 is 17.5 Å². The number of halogens is 1. The number of aryl methyl sites for hydroxylation is 1. The van der Waals surface area contributed by atoms with Crippen LogP contribution in [0.3, 0.4) is 0 Å². The first-order valence-corrected chi connectivity index (χ1v) is 6.97. The standard InChI is InChI=1S/C16H17ClN2O2/c1-11-13(8-9-14(17)19-11)15(20)18-10-16(2,21)12-6-4-3-5-7-12/h3-9,21H,10H2,1-2H3,(H,18,20). The smallest absolute Gasteiger partial charge is 0.253 e. The van der Waals surface area contributed by atoms with Crippen molar-refractivity contribution in [2.75, 3.05) is 6.54 Å². The van der Waals surface area contributed by atoms with Crippen LogP contribution in [0.1, 0.15) is 28.5 Å². The van der Waals surface area contributed by atoms with Gasteiger partial charge in [0.15, 0.2) is 0 Å². The number of aromatic nitrogens is 1. The van der Waals surface area contributed by atoms with Gasteiger partial charge in [0, 0.05) is 0 Å². The van der Waals surface area contributed by atoms with Gasteiger partial charge in [-0.2, -0.15) is 0 Å². The van der Waals surface area contributed by atoms with E-state index < -0.39 is 5.60 Å². The fourth-order valence-corrected chi connectivity index (χ4v) is 2.21. The third-order valence-corrected chi connectivity index (χ3v) is 3.50. The number of nitrogens with zero attached hydrogens (tertiary/aromatic N) is 1. The zero-order valence-electron chi connectivity index (χ0n) is 11.9. The Kier molecular flexibility index (Phi) is 4.60. The minimum absolute atomic E-state index is 0.109. The second kappa shape index (κ2) is 6.24. The van der Waals surface area contributed by atoms with Crippen LogP contribution in [0.25, 0.3) is 0 Å². The predicted molar refractivity (Wildman–Crippen MR) is 82.3 cm³/mol. The van der Waals surface area contributed by atoms with Gasteiger partial charge in [-0.1, -0.05) is 41.9 Å². The summed E-state index contributed by atoms with van der Waals surface area (Å²) in [7, 11) is 0. The highest BCUT2D eigenvalue weighted by atomic mass is 35.5. The Morgan fingerprint density at radius 2 is 1.95 bits per heavy atom. The van der Waals surface area contributed by atoms with Gasteiger partial charge in [-0.3, -0.25) is 4.79 Å². The van der Waals surface area contributed by atoms with Crippen LogP contribution in [0.2, 0.25) is 5.15 Å². The summed E-state index contributed by atoms with van der Waals surface area (Å²) >= 11 is 5.77. The van der Waals surface area contributed by atoms with Gasteiger partial charge >= 0.3 is 0 Å². The van der Waals surface area contributed by atoms with Crippen molar-refractivity contribution in [2.24, 2.45) is 0 Å². The van der Waals surface area contributed by atoms with Crippen molar-refractivity contribution in [3.63, 3.8) is 0 Å². The van der Waals surface area contributed by atoms with Gasteiger partial charge in [-0.25, -0.2) is 4.98 Å². The number of aliphatic hydroxyl groups is 1. The zero-order chi connectivity index (χ0) is 15.5. The fraction of sp³-hybridized carbons (Fsp3) is 0.250. The molecule has 1 aromatic heterocycles. The van der Waals surface area contributed by atoms with Gasteiger partial charge in [0.25, 0.3) is 5.91 Å². The molecule has 0 radical (unpaired) electrons. The molecular formula is C16H17ClN2O2. The third-order valence-electron chi connectivity index (χ3n) is 3.29. The van der Waals surface area contributed by atoms with Crippen molar-refractivity contribution < 1.29 is 9.90 Å². The monoisotopic (exact) mass is 304 g/mol. The SMILES string of the molecule is Cc1nc(Cl)ccc1C(=O)NCC(C)(O)c1ccccc1. The van der Waals surface area contributed by atoms with E-state index in [0.29, 0.717) is 16.4 Å². The van der Waals surface area contributed by atoms with Gasteiger partial charge in [0.05, 0.1) is 17.8 Å². The fourth-order valence-electron chi connectivity index (χ4n) is 2.02. The molecule has 1 aromatic carbocycles. The first kappa shape index (κ1) is 15.5. The molecular weight excluding hydrogens is 288 g/mol. The molecule has 0 fully saturated rings. The second-order valence-corrected chi connectivity index (χ2v) is 5.48. The summed E-state index contributed by atoms with van der Waals surface area (Å²) in [6.45, 7) is 3.49. The zero-order valence-corrected chi connectivity index (χ0v) is 12.7. The molecule has 21 heavy (non-hydrogen) atoms. The van der Waals surface area contributed by atoms with Crippen LogP contribution >= 0.6 is 11.6 Å². The van der Waals surface area contributed by atoms with E-state index in [1.54, 1.807) is 26.0 Å². The first-order chi connectivity index (χ1) is 9.90. The van der Waals surface area contributed by atoms with Gasteiger partial charge in [0.2, 0.25) is 0 Å². The first-order valence-electron chi connectivity index (χ1n) is 6.59. The molecule has 110 valence electrons. The molecule has 4 nitrogen and oxygen atoms in total. The normalized spacial score (nSPS) is 13.5. The molecule has 0 aliphatic carbocycles. The molecule has 0 aliphatic rings.